The molecule has 0 spiro atoms. The first-order valence-electron chi connectivity index (χ1n) is 3.59. The number of carbonyl (C=O) groups excluding carboxylic acids is 1. The lowest BCUT2D eigenvalue weighted by atomic mass is 10.4. The van der Waals surface area contributed by atoms with Gasteiger partial charge >= 0.3 is 0 Å². The molecule has 1 heterocycles. The van der Waals surface area contributed by atoms with Crippen LogP contribution in [0.15, 0.2) is 6.07 Å². The highest BCUT2D eigenvalue weighted by atomic mass is 35.5. The highest BCUT2D eigenvalue weighted by molar-refractivity contribution is 7.18. The molecule has 0 bridgehead atoms. The fraction of sp³-hybridized carbons (Fsp3) is 0.286. The molecule has 0 radical (unpaired) electrons. The molecule has 0 N–H and O–H groups in total. The molecule has 0 aromatic carbocycles. The average molecular weight is 235 g/mol. The van der Waals surface area contributed by atoms with Crippen LogP contribution in [0, 0.1) is 10.1 Å². The Hall–Kier alpha value is -1.14. The van der Waals surface area contributed by atoms with Crippen LogP contribution >= 0.6 is 22.9 Å². The summed E-state index contributed by atoms with van der Waals surface area (Å²) in [6, 6.07) is 1.19. The Kier molecular flexibility index (Phi) is 3.07. The van der Waals surface area contributed by atoms with Crippen LogP contribution in [0.2, 0.25) is 4.34 Å². The maximum atomic E-state index is 11.4. The van der Waals surface area contributed by atoms with Crippen molar-refractivity contribution in [1.82, 2.24) is 4.90 Å². The quantitative estimate of drug-likeness (QED) is 0.581. The van der Waals surface area contributed by atoms with Gasteiger partial charge < -0.3 is 4.90 Å². The Morgan fingerprint density at radius 2 is 2.21 bits per heavy atom. The summed E-state index contributed by atoms with van der Waals surface area (Å²) in [5.74, 6) is -0.287. The van der Waals surface area contributed by atoms with Crippen molar-refractivity contribution in [3.8, 4) is 0 Å². The number of halogens is 1. The van der Waals surface area contributed by atoms with E-state index in [9.17, 15) is 14.9 Å². The number of amides is 1. The summed E-state index contributed by atoms with van der Waals surface area (Å²) in [4.78, 5) is 22.8. The van der Waals surface area contributed by atoms with Crippen molar-refractivity contribution in [2.45, 2.75) is 0 Å². The molecule has 0 atom stereocenters. The number of rotatable bonds is 2. The fourth-order valence-corrected chi connectivity index (χ4v) is 2.05. The van der Waals surface area contributed by atoms with Gasteiger partial charge in [-0.25, -0.2) is 0 Å². The molecule has 76 valence electrons. The number of thiophene rings is 1. The largest absolute Gasteiger partial charge is 0.344 e. The summed E-state index contributed by atoms with van der Waals surface area (Å²) in [5.41, 5.74) is -0.220. The third kappa shape index (κ3) is 2.02. The van der Waals surface area contributed by atoms with E-state index in [1.54, 1.807) is 14.1 Å². The van der Waals surface area contributed by atoms with E-state index in [0.29, 0.717) is 0 Å². The van der Waals surface area contributed by atoms with Crippen LogP contribution in [0.4, 0.5) is 5.69 Å². The average Bonchev–Trinajstić information content (AvgIpc) is 2.45. The van der Waals surface area contributed by atoms with Gasteiger partial charge in [0.25, 0.3) is 11.6 Å². The lowest BCUT2D eigenvalue weighted by Gasteiger charge is -2.06. The molecule has 0 fully saturated rings. The molecule has 7 heteroatoms. The second kappa shape index (κ2) is 3.93. The van der Waals surface area contributed by atoms with E-state index in [-0.39, 0.29) is 20.8 Å². The normalized spacial score (nSPS) is 9.93. The Morgan fingerprint density at radius 3 is 2.57 bits per heavy atom. The van der Waals surface area contributed by atoms with Gasteiger partial charge in [0.1, 0.15) is 4.88 Å². The molecule has 0 saturated heterocycles. The van der Waals surface area contributed by atoms with Crippen LogP contribution in [-0.4, -0.2) is 29.8 Å². The molecule has 0 unspecified atom stereocenters. The molecule has 0 aliphatic heterocycles. The molecule has 0 aliphatic rings. The molecule has 1 rings (SSSR count). The van der Waals surface area contributed by atoms with E-state index in [1.165, 1.54) is 11.0 Å². The third-order valence-electron chi connectivity index (χ3n) is 1.48. The standard InChI is InChI=1S/C7H7ClN2O3S/c1-9(2)7(11)5-3-4(10(12)13)6(8)14-5/h3H,1-2H3. The summed E-state index contributed by atoms with van der Waals surface area (Å²) < 4.78 is 0.0280. The van der Waals surface area contributed by atoms with Crippen molar-refractivity contribution in [2.75, 3.05) is 14.1 Å². The Bertz CT molecular complexity index is 388. The fourth-order valence-electron chi connectivity index (χ4n) is 0.809. The second-order valence-corrected chi connectivity index (χ2v) is 4.38. The molecule has 1 aromatic rings. The van der Waals surface area contributed by atoms with Gasteiger partial charge in [0.15, 0.2) is 4.34 Å². The first-order chi connectivity index (χ1) is 6.43. The van der Waals surface area contributed by atoms with Gasteiger partial charge in [0.2, 0.25) is 0 Å². The number of nitro groups is 1. The minimum absolute atomic E-state index is 0.0280. The number of hydrogen-bond donors (Lipinski definition) is 0. The van der Waals surface area contributed by atoms with Crippen LogP contribution in [0.3, 0.4) is 0 Å². The number of nitrogens with zero attached hydrogens (tertiary/aromatic N) is 2. The molecule has 0 aliphatic carbocycles. The number of carbonyl (C=O) groups is 1. The van der Waals surface area contributed by atoms with E-state index >= 15 is 0 Å². The van der Waals surface area contributed by atoms with Crippen LogP contribution in [0.25, 0.3) is 0 Å². The minimum Gasteiger partial charge on any atom is -0.344 e. The molecule has 1 amide bonds. The zero-order valence-electron chi connectivity index (χ0n) is 7.48. The Morgan fingerprint density at radius 1 is 1.64 bits per heavy atom. The lowest BCUT2D eigenvalue weighted by molar-refractivity contribution is -0.384. The van der Waals surface area contributed by atoms with Gasteiger partial charge in [0.05, 0.1) is 4.92 Å². The highest BCUT2D eigenvalue weighted by Crippen LogP contribution is 2.33. The topological polar surface area (TPSA) is 63.5 Å². The smallest absolute Gasteiger partial charge is 0.299 e. The minimum atomic E-state index is -0.606. The second-order valence-electron chi connectivity index (χ2n) is 2.73. The van der Waals surface area contributed by atoms with Crippen LogP contribution in [0.1, 0.15) is 9.67 Å². The van der Waals surface area contributed by atoms with Crippen molar-refractivity contribution in [2.24, 2.45) is 0 Å². The predicted octanol–water partition coefficient (Wildman–Crippen LogP) is 2.01. The molecule has 5 nitrogen and oxygen atoms in total. The molecule has 14 heavy (non-hydrogen) atoms. The van der Waals surface area contributed by atoms with Crippen molar-refractivity contribution in [1.29, 1.82) is 0 Å². The van der Waals surface area contributed by atoms with Gasteiger partial charge in [-0.05, 0) is 0 Å². The summed E-state index contributed by atoms with van der Waals surface area (Å²) in [7, 11) is 3.14. The van der Waals surface area contributed by atoms with Crippen LogP contribution in [0.5, 0.6) is 0 Å². The highest BCUT2D eigenvalue weighted by Gasteiger charge is 2.21. The molecular formula is C7H7ClN2O3S. The van der Waals surface area contributed by atoms with E-state index < -0.39 is 4.92 Å². The maximum absolute atomic E-state index is 11.4. The summed E-state index contributed by atoms with van der Waals surface area (Å²) in [6.45, 7) is 0. The Balaban J connectivity index is 3.09. The lowest BCUT2D eigenvalue weighted by Crippen LogP contribution is -2.20. The monoisotopic (exact) mass is 234 g/mol. The third-order valence-corrected chi connectivity index (χ3v) is 2.81. The zero-order chi connectivity index (χ0) is 10.9. The van der Waals surface area contributed by atoms with E-state index in [0.717, 1.165) is 11.3 Å². The van der Waals surface area contributed by atoms with Gasteiger partial charge in [-0.1, -0.05) is 11.6 Å². The van der Waals surface area contributed by atoms with Crippen molar-refractivity contribution in [3.63, 3.8) is 0 Å². The maximum Gasteiger partial charge on any atom is 0.299 e. The van der Waals surface area contributed by atoms with Gasteiger partial charge in [-0.2, -0.15) is 0 Å². The molecular weight excluding hydrogens is 228 g/mol. The van der Waals surface area contributed by atoms with E-state index in [1.807, 2.05) is 0 Å². The van der Waals surface area contributed by atoms with Crippen LogP contribution in [-0.2, 0) is 0 Å². The van der Waals surface area contributed by atoms with Crippen LogP contribution < -0.4 is 0 Å². The first kappa shape index (κ1) is 10.9. The zero-order valence-corrected chi connectivity index (χ0v) is 9.06. The summed E-state index contributed by atoms with van der Waals surface area (Å²) >= 11 is 6.51. The van der Waals surface area contributed by atoms with Crippen molar-refractivity contribution >= 4 is 34.5 Å². The van der Waals surface area contributed by atoms with E-state index in [2.05, 4.69) is 0 Å². The van der Waals surface area contributed by atoms with Crippen molar-refractivity contribution in [3.05, 3.63) is 25.4 Å². The first-order valence-corrected chi connectivity index (χ1v) is 4.78. The number of hydrogen-bond acceptors (Lipinski definition) is 4. The van der Waals surface area contributed by atoms with Crippen molar-refractivity contribution < 1.29 is 9.72 Å². The summed E-state index contributed by atoms with van der Waals surface area (Å²) in [5, 5.41) is 10.4. The van der Waals surface area contributed by atoms with Gasteiger partial charge in [0, 0.05) is 20.2 Å². The predicted molar refractivity (Wildman–Crippen MR) is 54.0 cm³/mol. The SMILES string of the molecule is CN(C)C(=O)c1cc([N+](=O)[O-])c(Cl)s1. The Labute approximate surface area is 89.0 Å². The van der Waals surface area contributed by atoms with Gasteiger partial charge in [-0.3, -0.25) is 14.9 Å². The van der Waals surface area contributed by atoms with E-state index in [4.69, 9.17) is 11.6 Å². The molecule has 0 saturated carbocycles. The summed E-state index contributed by atoms with van der Waals surface area (Å²) in [6.07, 6.45) is 0. The van der Waals surface area contributed by atoms with Gasteiger partial charge in [-0.15, -0.1) is 11.3 Å². The molecule has 1 aromatic heterocycles.